The van der Waals surface area contributed by atoms with E-state index in [-0.39, 0.29) is 11.9 Å². The van der Waals surface area contributed by atoms with Gasteiger partial charge in [0.25, 0.3) is 5.91 Å². The number of rotatable bonds is 8. The minimum absolute atomic E-state index is 0.00282. The summed E-state index contributed by atoms with van der Waals surface area (Å²) in [5, 5.41) is 0. The van der Waals surface area contributed by atoms with Crippen LogP contribution in [0.2, 0.25) is 0 Å². The van der Waals surface area contributed by atoms with Crippen LogP contribution in [0, 0.1) is 12.8 Å². The van der Waals surface area contributed by atoms with Gasteiger partial charge in [-0.1, -0.05) is 55.8 Å². The van der Waals surface area contributed by atoms with Crippen molar-refractivity contribution < 1.29 is 9.53 Å². The van der Waals surface area contributed by atoms with E-state index < -0.39 is 0 Å². The number of carbonyl (C=O) groups excluding carboxylic acids is 1. The fourth-order valence-electron chi connectivity index (χ4n) is 3.67. The summed E-state index contributed by atoms with van der Waals surface area (Å²) >= 11 is 0. The molecule has 1 amide bonds. The molecule has 2 aromatic carbocycles. The molecule has 0 spiro atoms. The zero-order valence-corrected chi connectivity index (χ0v) is 18.6. The number of carbonyl (C=O) groups is 1. The summed E-state index contributed by atoms with van der Waals surface area (Å²) in [5.41, 5.74) is 4.23. The molecule has 4 heteroatoms. The number of hydrogen-bond donors (Lipinski definition) is 0. The van der Waals surface area contributed by atoms with Crippen LogP contribution in [-0.4, -0.2) is 28.5 Å². The molecule has 0 saturated heterocycles. The number of hydrogen-bond acceptors (Lipinski definition) is 2. The second-order valence-electron chi connectivity index (χ2n) is 8.23. The van der Waals surface area contributed by atoms with Crippen LogP contribution >= 0.6 is 0 Å². The Labute approximate surface area is 180 Å². The van der Waals surface area contributed by atoms with Crippen LogP contribution < -0.4 is 4.74 Å². The number of para-hydroxylation sites is 1. The number of nitrogens with zero attached hydrogens (tertiary/aromatic N) is 2. The predicted molar refractivity (Wildman–Crippen MR) is 122 cm³/mol. The highest BCUT2D eigenvalue weighted by Gasteiger charge is 2.26. The molecule has 0 aliphatic rings. The van der Waals surface area contributed by atoms with E-state index in [1.165, 1.54) is 11.1 Å². The topological polar surface area (TPSA) is 34.5 Å². The quantitative estimate of drug-likeness (QED) is 0.494. The maximum Gasteiger partial charge on any atom is 0.258 e. The van der Waals surface area contributed by atoms with Gasteiger partial charge < -0.3 is 14.2 Å². The molecule has 0 aliphatic carbocycles. The molecule has 158 valence electrons. The Morgan fingerprint density at radius 2 is 1.80 bits per heavy atom. The number of aryl methyl sites for hydroxylation is 1. The molecular formula is C26H32N2O2. The fourth-order valence-corrected chi connectivity index (χ4v) is 3.67. The SMILES string of the molecule is COc1ccccc1C(=O)N(Cc1cccn1Cc1cccc(C)c1)[C@@H](C)C(C)C. The molecule has 4 nitrogen and oxygen atoms in total. The van der Waals surface area contributed by atoms with Crippen molar-refractivity contribution in [3.05, 3.63) is 89.2 Å². The Morgan fingerprint density at radius 1 is 1.03 bits per heavy atom. The number of aromatic nitrogens is 1. The highest BCUT2D eigenvalue weighted by atomic mass is 16.5. The van der Waals surface area contributed by atoms with Crippen LogP contribution in [0.15, 0.2) is 66.9 Å². The summed E-state index contributed by atoms with van der Waals surface area (Å²) in [5.74, 6) is 0.944. The van der Waals surface area contributed by atoms with Gasteiger partial charge >= 0.3 is 0 Å². The van der Waals surface area contributed by atoms with Gasteiger partial charge in [0.15, 0.2) is 0 Å². The second-order valence-corrected chi connectivity index (χ2v) is 8.23. The smallest absolute Gasteiger partial charge is 0.258 e. The molecule has 1 atom stereocenters. The lowest BCUT2D eigenvalue weighted by molar-refractivity contribution is 0.0619. The first kappa shape index (κ1) is 21.7. The van der Waals surface area contributed by atoms with Gasteiger partial charge in [0.1, 0.15) is 5.75 Å². The van der Waals surface area contributed by atoms with E-state index in [0.29, 0.717) is 23.8 Å². The predicted octanol–water partition coefficient (Wildman–Crippen LogP) is 5.54. The van der Waals surface area contributed by atoms with Gasteiger partial charge in [-0.2, -0.15) is 0 Å². The number of ether oxygens (including phenoxy) is 1. The minimum Gasteiger partial charge on any atom is -0.496 e. The first-order valence-corrected chi connectivity index (χ1v) is 10.5. The molecule has 0 radical (unpaired) electrons. The second kappa shape index (κ2) is 9.66. The molecule has 30 heavy (non-hydrogen) atoms. The van der Waals surface area contributed by atoms with Crippen molar-refractivity contribution in [3.63, 3.8) is 0 Å². The van der Waals surface area contributed by atoms with Crippen molar-refractivity contribution >= 4 is 5.91 Å². The molecule has 3 rings (SSSR count). The lowest BCUT2D eigenvalue weighted by Crippen LogP contribution is -2.41. The van der Waals surface area contributed by atoms with Gasteiger partial charge in [-0.3, -0.25) is 4.79 Å². The Balaban J connectivity index is 1.90. The maximum atomic E-state index is 13.5. The molecule has 0 N–H and O–H groups in total. The number of methoxy groups -OCH3 is 1. The highest BCUT2D eigenvalue weighted by molar-refractivity contribution is 5.97. The fraction of sp³-hybridized carbons (Fsp3) is 0.346. The lowest BCUT2D eigenvalue weighted by atomic mass is 10.0. The monoisotopic (exact) mass is 404 g/mol. The summed E-state index contributed by atoms with van der Waals surface area (Å²) in [6.07, 6.45) is 2.09. The average molecular weight is 405 g/mol. The van der Waals surface area contributed by atoms with Crippen LogP contribution in [0.1, 0.15) is 48.0 Å². The zero-order chi connectivity index (χ0) is 21.7. The molecule has 3 aromatic rings. The van der Waals surface area contributed by atoms with Crippen LogP contribution in [0.25, 0.3) is 0 Å². The number of benzene rings is 2. The van der Waals surface area contributed by atoms with Crippen LogP contribution in [-0.2, 0) is 13.1 Å². The zero-order valence-electron chi connectivity index (χ0n) is 18.6. The van der Waals surface area contributed by atoms with Crippen LogP contribution in [0.3, 0.4) is 0 Å². The van der Waals surface area contributed by atoms with Gasteiger partial charge in [0, 0.05) is 24.5 Å². The van der Waals surface area contributed by atoms with Gasteiger partial charge in [-0.15, -0.1) is 0 Å². The summed E-state index contributed by atoms with van der Waals surface area (Å²) in [6, 6.07) is 20.2. The molecular weight excluding hydrogens is 372 g/mol. The molecule has 1 aromatic heterocycles. The van der Waals surface area contributed by atoms with Gasteiger partial charge in [0.2, 0.25) is 0 Å². The molecule has 0 saturated carbocycles. The Kier molecular flexibility index (Phi) is 6.99. The van der Waals surface area contributed by atoms with Crippen molar-refractivity contribution in [3.8, 4) is 5.75 Å². The third-order valence-electron chi connectivity index (χ3n) is 5.75. The van der Waals surface area contributed by atoms with E-state index >= 15 is 0 Å². The van der Waals surface area contributed by atoms with Crippen molar-refractivity contribution in [1.29, 1.82) is 0 Å². The first-order valence-electron chi connectivity index (χ1n) is 10.5. The third kappa shape index (κ3) is 4.93. The maximum absolute atomic E-state index is 13.5. The van der Waals surface area contributed by atoms with Gasteiger partial charge in [-0.25, -0.2) is 0 Å². The minimum atomic E-state index is -0.00282. The van der Waals surface area contributed by atoms with E-state index in [4.69, 9.17) is 4.74 Å². The van der Waals surface area contributed by atoms with E-state index in [1.807, 2.05) is 29.2 Å². The summed E-state index contributed by atoms with van der Waals surface area (Å²) < 4.78 is 7.68. The molecule has 0 aliphatic heterocycles. The molecule has 0 fully saturated rings. The summed E-state index contributed by atoms with van der Waals surface area (Å²) in [6.45, 7) is 9.87. The van der Waals surface area contributed by atoms with Crippen molar-refractivity contribution in [1.82, 2.24) is 9.47 Å². The lowest BCUT2D eigenvalue weighted by Gasteiger charge is -2.32. The van der Waals surface area contributed by atoms with Crippen molar-refractivity contribution in [2.75, 3.05) is 7.11 Å². The standard InChI is InChI=1S/C26H32N2O2/c1-19(2)21(4)28(26(29)24-13-6-7-14-25(24)30-5)18-23-12-9-15-27(23)17-22-11-8-10-20(3)16-22/h6-16,19,21H,17-18H2,1-5H3/t21-/m0/s1. The van der Waals surface area contributed by atoms with Crippen molar-refractivity contribution in [2.45, 2.75) is 46.8 Å². The highest BCUT2D eigenvalue weighted by Crippen LogP contribution is 2.24. The Hall–Kier alpha value is -3.01. The van der Waals surface area contributed by atoms with E-state index in [2.05, 4.69) is 74.9 Å². The largest absolute Gasteiger partial charge is 0.496 e. The van der Waals surface area contributed by atoms with Crippen LogP contribution in [0.4, 0.5) is 0 Å². The Bertz CT molecular complexity index is 990. The van der Waals surface area contributed by atoms with Crippen molar-refractivity contribution in [2.24, 2.45) is 5.92 Å². The molecule has 0 unspecified atom stereocenters. The number of amides is 1. The van der Waals surface area contributed by atoms with E-state index in [1.54, 1.807) is 7.11 Å². The summed E-state index contributed by atoms with van der Waals surface area (Å²) in [4.78, 5) is 15.5. The Morgan fingerprint density at radius 3 is 2.50 bits per heavy atom. The van der Waals surface area contributed by atoms with E-state index in [9.17, 15) is 4.79 Å². The summed E-state index contributed by atoms with van der Waals surface area (Å²) in [7, 11) is 1.61. The molecule has 1 heterocycles. The van der Waals surface area contributed by atoms with E-state index in [0.717, 1.165) is 12.2 Å². The van der Waals surface area contributed by atoms with Crippen LogP contribution in [0.5, 0.6) is 5.75 Å². The van der Waals surface area contributed by atoms with Gasteiger partial charge in [0.05, 0.1) is 19.2 Å². The average Bonchev–Trinajstić information content (AvgIpc) is 3.17. The molecule has 0 bridgehead atoms. The normalized spacial score (nSPS) is 12.1. The van der Waals surface area contributed by atoms with Gasteiger partial charge in [-0.05, 0) is 49.6 Å². The first-order chi connectivity index (χ1) is 14.4. The third-order valence-corrected chi connectivity index (χ3v) is 5.75.